The van der Waals surface area contributed by atoms with Crippen LogP contribution in [0.1, 0.15) is 47.6 Å². The van der Waals surface area contributed by atoms with Gasteiger partial charge in [0.05, 0.1) is 0 Å². The number of rotatable bonds is 10. The maximum Gasteiger partial charge on any atom is 0.273 e. The van der Waals surface area contributed by atoms with Crippen LogP contribution in [0, 0.1) is 0 Å². The van der Waals surface area contributed by atoms with Crippen LogP contribution in [-0.4, -0.2) is 43.7 Å². The molecule has 1 N–H and O–H groups in total. The molecular weight excluding hydrogens is 494 g/mol. The maximum atomic E-state index is 12.3. The first-order valence-electron chi connectivity index (χ1n) is 12.1. The first kappa shape index (κ1) is 26.6. The number of benzene rings is 2. The lowest BCUT2D eigenvalue weighted by molar-refractivity contribution is -0.181. The summed E-state index contributed by atoms with van der Waals surface area (Å²) in [5.74, 6) is -0.102. The van der Waals surface area contributed by atoms with E-state index in [0.717, 1.165) is 36.0 Å². The molecule has 3 aromatic rings. The van der Waals surface area contributed by atoms with Gasteiger partial charge in [0.2, 0.25) is 5.88 Å². The number of oxime groups is 1. The molecule has 2 heterocycles. The van der Waals surface area contributed by atoms with Crippen molar-refractivity contribution in [1.29, 1.82) is 0 Å². The SMILES string of the molecule is CNC(=O)/C(=N/OC)c1ccccc1COc1ncc(C(OC2CCCCO2)c2ccccc2)cc1Cl. The van der Waals surface area contributed by atoms with E-state index in [9.17, 15) is 4.79 Å². The Morgan fingerprint density at radius 2 is 1.95 bits per heavy atom. The van der Waals surface area contributed by atoms with E-state index in [2.05, 4.69) is 15.5 Å². The summed E-state index contributed by atoms with van der Waals surface area (Å²) in [6, 6.07) is 19.0. The molecule has 1 fully saturated rings. The fourth-order valence-electron chi connectivity index (χ4n) is 4.08. The Morgan fingerprint density at radius 3 is 2.65 bits per heavy atom. The van der Waals surface area contributed by atoms with E-state index in [-0.39, 0.29) is 36.5 Å². The van der Waals surface area contributed by atoms with E-state index < -0.39 is 0 Å². The van der Waals surface area contributed by atoms with Crippen molar-refractivity contribution in [1.82, 2.24) is 10.3 Å². The number of carbonyl (C=O) groups excluding carboxylic acids is 1. The lowest BCUT2D eigenvalue weighted by atomic mass is 10.0. The first-order chi connectivity index (χ1) is 18.1. The quantitative estimate of drug-likeness (QED) is 0.295. The van der Waals surface area contributed by atoms with Gasteiger partial charge in [-0.05, 0) is 36.5 Å². The standard InChI is InChI=1S/C28H30ClN3O5/c1-30-27(33)25(32-34-2)22-13-7-6-12-20(22)18-36-28-23(29)16-21(17-31-28)26(19-10-4-3-5-11-19)37-24-14-8-9-15-35-24/h3-7,10-13,16-17,24,26H,8-9,14-15,18H2,1-2H3,(H,30,33)/b32-25+. The second kappa shape index (κ2) is 13.2. The molecule has 9 heteroatoms. The zero-order valence-electron chi connectivity index (χ0n) is 20.9. The van der Waals surface area contributed by atoms with Crippen LogP contribution in [0.3, 0.4) is 0 Å². The molecule has 0 spiro atoms. The van der Waals surface area contributed by atoms with Gasteiger partial charge in [-0.15, -0.1) is 0 Å². The van der Waals surface area contributed by atoms with Gasteiger partial charge in [0, 0.05) is 31.0 Å². The zero-order chi connectivity index (χ0) is 26.0. The lowest BCUT2D eigenvalue weighted by Gasteiger charge is -2.28. The molecule has 4 rings (SSSR count). The van der Waals surface area contributed by atoms with Crippen LogP contribution in [-0.2, 0) is 25.7 Å². The largest absolute Gasteiger partial charge is 0.472 e. The number of pyridine rings is 1. The van der Waals surface area contributed by atoms with Crippen molar-refractivity contribution in [3.63, 3.8) is 0 Å². The van der Waals surface area contributed by atoms with Crippen LogP contribution < -0.4 is 10.1 Å². The average molecular weight is 524 g/mol. The van der Waals surface area contributed by atoms with Crippen molar-refractivity contribution in [2.75, 3.05) is 20.8 Å². The zero-order valence-corrected chi connectivity index (χ0v) is 21.6. The number of hydrogen-bond acceptors (Lipinski definition) is 7. The van der Waals surface area contributed by atoms with Crippen molar-refractivity contribution in [2.24, 2.45) is 5.16 Å². The van der Waals surface area contributed by atoms with Gasteiger partial charge in [0.1, 0.15) is 24.8 Å². The second-order valence-corrected chi connectivity index (χ2v) is 8.83. The van der Waals surface area contributed by atoms with Gasteiger partial charge < -0.3 is 24.4 Å². The Kier molecular flexibility index (Phi) is 9.48. The van der Waals surface area contributed by atoms with Crippen LogP contribution in [0.25, 0.3) is 0 Å². The molecule has 1 amide bonds. The van der Waals surface area contributed by atoms with Crippen LogP contribution in [0.15, 0.2) is 72.0 Å². The monoisotopic (exact) mass is 523 g/mol. The van der Waals surface area contributed by atoms with Crippen molar-refractivity contribution in [3.05, 3.63) is 94.1 Å². The number of ether oxygens (including phenoxy) is 3. The number of carbonyl (C=O) groups is 1. The third kappa shape index (κ3) is 6.85. The van der Waals surface area contributed by atoms with Crippen molar-refractivity contribution in [3.8, 4) is 5.88 Å². The molecule has 194 valence electrons. The topological polar surface area (TPSA) is 91.3 Å². The predicted octanol–water partition coefficient (Wildman–Crippen LogP) is 5.04. The van der Waals surface area contributed by atoms with Crippen LogP contribution in [0.4, 0.5) is 0 Å². The van der Waals surface area contributed by atoms with Gasteiger partial charge in [-0.25, -0.2) is 4.98 Å². The fourth-order valence-corrected chi connectivity index (χ4v) is 4.31. The minimum Gasteiger partial charge on any atom is -0.472 e. The Morgan fingerprint density at radius 1 is 1.16 bits per heavy atom. The van der Waals surface area contributed by atoms with Crippen LogP contribution >= 0.6 is 11.6 Å². The Hall–Kier alpha value is -3.46. The molecule has 2 atom stereocenters. The molecule has 2 aromatic carbocycles. The highest BCUT2D eigenvalue weighted by atomic mass is 35.5. The molecule has 1 aliphatic heterocycles. The molecule has 1 aliphatic rings. The van der Waals surface area contributed by atoms with Crippen molar-refractivity contribution in [2.45, 2.75) is 38.3 Å². The molecule has 1 saturated heterocycles. The molecule has 1 aromatic heterocycles. The summed E-state index contributed by atoms with van der Waals surface area (Å²) in [6.07, 6.45) is 3.99. The van der Waals surface area contributed by atoms with Gasteiger partial charge in [-0.3, -0.25) is 4.79 Å². The highest BCUT2D eigenvalue weighted by Crippen LogP contribution is 2.33. The van der Waals surface area contributed by atoms with Gasteiger partial charge in [0.15, 0.2) is 12.0 Å². The Balaban J connectivity index is 1.54. The summed E-state index contributed by atoms with van der Waals surface area (Å²) in [5, 5.41) is 6.81. The first-order valence-corrected chi connectivity index (χ1v) is 12.5. The number of amides is 1. The Labute approximate surface area is 221 Å². The molecule has 0 bridgehead atoms. The van der Waals surface area contributed by atoms with Gasteiger partial charge >= 0.3 is 0 Å². The van der Waals surface area contributed by atoms with Crippen molar-refractivity contribution < 1.29 is 23.8 Å². The molecule has 0 radical (unpaired) electrons. The minimum atomic E-state index is -0.385. The summed E-state index contributed by atoms with van der Waals surface area (Å²) in [4.78, 5) is 21.7. The highest BCUT2D eigenvalue weighted by molar-refractivity contribution is 6.45. The van der Waals surface area contributed by atoms with Gasteiger partial charge in [-0.1, -0.05) is 71.4 Å². The van der Waals surface area contributed by atoms with E-state index in [1.165, 1.54) is 14.2 Å². The number of nitrogens with one attached hydrogen (secondary N) is 1. The Bertz CT molecular complexity index is 1220. The van der Waals surface area contributed by atoms with E-state index >= 15 is 0 Å². The molecule has 37 heavy (non-hydrogen) atoms. The summed E-state index contributed by atoms with van der Waals surface area (Å²) in [7, 11) is 2.92. The highest BCUT2D eigenvalue weighted by Gasteiger charge is 2.24. The number of aromatic nitrogens is 1. The van der Waals surface area contributed by atoms with Crippen LogP contribution in [0.2, 0.25) is 5.02 Å². The molecule has 0 saturated carbocycles. The van der Waals surface area contributed by atoms with E-state index in [1.807, 2.05) is 48.5 Å². The summed E-state index contributed by atoms with van der Waals surface area (Å²) < 4.78 is 18.1. The number of halogens is 1. The molecule has 2 unspecified atom stereocenters. The average Bonchev–Trinajstić information content (AvgIpc) is 2.95. The number of hydrogen-bond donors (Lipinski definition) is 1. The van der Waals surface area contributed by atoms with E-state index in [0.29, 0.717) is 17.2 Å². The van der Waals surface area contributed by atoms with Gasteiger partial charge in [-0.2, -0.15) is 0 Å². The number of nitrogens with zero attached hydrogens (tertiary/aromatic N) is 2. The predicted molar refractivity (Wildman–Crippen MR) is 141 cm³/mol. The molecule has 8 nitrogen and oxygen atoms in total. The minimum absolute atomic E-state index is 0.122. The van der Waals surface area contributed by atoms with Crippen LogP contribution in [0.5, 0.6) is 5.88 Å². The molecule has 0 aliphatic carbocycles. The normalized spacial score (nSPS) is 16.6. The van der Waals surface area contributed by atoms with E-state index in [1.54, 1.807) is 18.3 Å². The van der Waals surface area contributed by atoms with Crippen molar-refractivity contribution >= 4 is 23.2 Å². The number of likely N-dealkylation sites (N-methyl/N-ethyl adjacent to an activating group) is 1. The van der Waals surface area contributed by atoms with E-state index in [4.69, 9.17) is 30.6 Å². The smallest absolute Gasteiger partial charge is 0.273 e. The molecular formula is C28H30ClN3O5. The third-order valence-corrected chi connectivity index (χ3v) is 6.19. The maximum absolute atomic E-state index is 12.3. The summed E-state index contributed by atoms with van der Waals surface area (Å²) >= 11 is 6.61. The fraction of sp³-hybridized carbons (Fsp3) is 0.321. The third-order valence-electron chi connectivity index (χ3n) is 5.92. The second-order valence-electron chi connectivity index (χ2n) is 8.43. The summed E-state index contributed by atoms with van der Waals surface area (Å²) in [5.41, 5.74) is 3.24. The van der Waals surface area contributed by atoms with Gasteiger partial charge in [0.25, 0.3) is 5.91 Å². The lowest BCUT2D eigenvalue weighted by Crippen LogP contribution is -2.29. The summed E-state index contributed by atoms with van der Waals surface area (Å²) in [6.45, 7) is 0.812.